The molecule has 3 heteroatoms. The molecule has 0 saturated carbocycles. The van der Waals surface area contributed by atoms with Crippen molar-refractivity contribution >= 4 is 0 Å². The maximum absolute atomic E-state index is 6.07. The molecule has 1 aromatic rings. The van der Waals surface area contributed by atoms with Crippen molar-refractivity contribution in [2.24, 2.45) is 0 Å². The fourth-order valence-corrected chi connectivity index (χ4v) is 3.11. The lowest BCUT2D eigenvalue weighted by molar-refractivity contribution is 0.0407. The summed E-state index contributed by atoms with van der Waals surface area (Å²) in [6, 6.07) is 9.22. The van der Waals surface area contributed by atoms with Crippen LogP contribution >= 0.6 is 0 Å². The van der Waals surface area contributed by atoms with Gasteiger partial charge in [0, 0.05) is 30.7 Å². The van der Waals surface area contributed by atoms with Gasteiger partial charge in [-0.15, -0.1) is 0 Å². The number of para-hydroxylation sites is 1. The van der Waals surface area contributed by atoms with Crippen molar-refractivity contribution in [3.63, 3.8) is 0 Å². The van der Waals surface area contributed by atoms with E-state index in [0.29, 0.717) is 12.1 Å². The highest BCUT2D eigenvalue weighted by atomic mass is 16.5. The Hall–Kier alpha value is -1.06. The van der Waals surface area contributed by atoms with E-state index in [-0.39, 0.29) is 5.60 Å². The predicted octanol–water partition coefficient (Wildman–Crippen LogP) is 3.06. The van der Waals surface area contributed by atoms with Crippen molar-refractivity contribution in [1.82, 2.24) is 5.32 Å². The van der Waals surface area contributed by atoms with Crippen LogP contribution in [0.3, 0.4) is 0 Å². The largest absolute Gasteiger partial charge is 0.487 e. The fraction of sp³-hybridized carbons (Fsp3) is 0.625. The smallest absolute Gasteiger partial charge is 0.124 e. The summed E-state index contributed by atoms with van der Waals surface area (Å²) in [5, 5.41) is 3.76. The zero-order valence-electron chi connectivity index (χ0n) is 11.8. The molecule has 1 saturated heterocycles. The Morgan fingerprint density at radius 3 is 2.89 bits per heavy atom. The van der Waals surface area contributed by atoms with E-state index in [4.69, 9.17) is 9.47 Å². The molecule has 1 N–H and O–H groups in total. The molecule has 0 spiro atoms. The first-order chi connectivity index (χ1) is 9.14. The average Bonchev–Trinajstić information content (AvgIpc) is 2.38. The maximum Gasteiger partial charge on any atom is 0.124 e. The molecule has 0 bridgehead atoms. The van der Waals surface area contributed by atoms with Crippen LogP contribution in [-0.2, 0) is 4.74 Å². The Bertz CT molecular complexity index is 438. The molecule has 2 aliphatic rings. The highest BCUT2D eigenvalue weighted by Crippen LogP contribution is 2.39. The van der Waals surface area contributed by atoms with E-state index in [1.807, 2.05) is 6.07 Å². The number of hydrogen-bond acceptors (Lipinski definition) is 3. The van der Waals surface area contributed by atoms with E-state index in [0.717, 1.165) is 31.8 Å². The minimum atomic E-state index is -0.110. The summed E-state index contributed by atoms with van der Waals surface area (Å²) in [4.78, 5) is 0. The number of nitrogens with one attached hydrogen (secondary N) is 1. The van der Waals surface area contributed by atoms with Crippen LogP contribution in [0.15, 0.2) is 24.3 Å². The number of fused-ring (bicyclic) bond motifs is 1. The van der Waals surface area contributed by atoms with E-state index in [2.05, 4.69) is 37.4 Å². The second-order valence-corrected chi connectivity index (χ2v) is 6.24. The molecule has 2 aliphatic heterocycles. The molecule has 0 aromatic heterocycles. The van der Waals surface area contributed by atoms with Gasteiger partial charge in [0.05, 0.1) is 6.61 Å². The topological polar surface area (TPSA) is 30.5 Å². The first-order valence-electron chi connectivity index (χ1n) is 7.26. The van der Waals surface area contributed by atoms with Crippen LogP contribution < -0.4 is 10.1 Å². The lowest BCUT2D eigenvalue weighted by Crippen LogP contribution is -2.45. The Balaban J connectivity index is 1.79. The minimum Gasteiger partial charge on any atom is -0.487 e. The van der Waals surface area contributed by atoms with Crippen LogP contribution in [0.2, 0.25) is 0 Å². The van der Waals surface area contributed by atoms with E-state index < -0.39 is 0 Å². The summed E-state index contributed by atoms with van der Waals surface area (Å²) in [5.74, 6) is 1.02. The third-order valence-electron chi connectivity index (χ3n) is 3.97. The second kappa shape index (κ2) is 5.14. The van der Waals surface area contributed by atoms with Gasteiger partial charge in [0.1, 0.15) is 11.4 Å². The number of benzene rings is 1. The third-order valence-corrected chi connectivity index (χ3v) is 3.97. The normalized spacial score (nSPS) is 29.4. The number of hydrogen-bond donors (Lipinski definition) is 1. The zero-order valence-corrected chi connectivity index (χ0v) is 11.8. The van der Waals surface area contributed by atoms with E-state index in [1.54, 1.807) is 0 Å². The molecular formula is C16H23NO2. The van der Waals surface area contributed by atoms with Crippen LogP contribution in [0.25, 0.3) is 0 Å². The average molecular weight is 261 g/mol. The SMILES string of the molecule is CC1(C)CC(NC2CCCOC2)c2ccccc2O1. The molecule has 2 unspecified atom stereocenters. The molecule has 1 fully saturated rings. The van der Waals surface area contributed by atoms with Gasteiger partial charge in [-0.3, -0.25) is 0 Å². The van der Waals surface area contributed by atoms with Crippen molar-refractivity contribution in [2.45, 2.75) is 50.8 Å². The summed E-state index contributed by atoms with van der Waals surface area (Å²) < 4.78 is 11.6. The maximum atomic E-state index is 6.07. The molecule has 104 valence electrons. The number of ether oxygens (including phenoxy) is 2. The Labute approximate surface area is 115 Å². The van der Waals surface area contributed by atoms with Gasteiger partial charge in [-0.2, -0.15) is 0 Å². The van der Waals surface area contributed by atoms with Gasteiger partial charge >= 0.3 is 0 Å². The molecule has 3 rings (SSSR count). The lowest BCUT2D eigenvalue weighted by atomic mass is 9.89. The molecular weight excluding hydrogens is 238 g/mol. The zero-order chi connectivity index (χ0) is 13.3. The quantitative estimate of drug-likeness (QED) is 0.887. The van der Waals surface area contributed by atoms with Crippen LogP contribution in [0.4, 0.5) is 0 Å². The second-order valence-electron chi connectivity index (χ2n) is 6.24. The summed E-state index contributed by atoms with van der Waals surface area (Å²) in [5.41, 5.74) is 1.18. The van der Waals surface area contributed by atoms with E-state index in [9.17, 15) is 0 Å². The number of rotatable bonds is 2. The molecule has 2 atom stereocenters. The fourth-order valence-electron chi connectivity index (χ4n) is 3.11. The lowest BCUT2D eigenvalue weighted by Gasteiger charge is -2.40. The van der Waals surface area contributed by atoms with Gasteiger partial charge in [-0.1, -0.05) is 18.2 Å². The van der Waals surface area contributed by atoms with Crippen LogP contribution in [-0.4, -0.2) is 24.9 Å². The Morgan fingerprint density at radius 2 is 2.11 bits per heavy atom. The monoisotopic (exact) mass is 261 g/mol. The Kier molecular flexibility index (Phi) is 3.50. The van der Waals surface area contributed by atoms with E-state index >= 15 is 0 Å². The molecule has 1 aromatic carbocycles. The van der Waals surface area contributed by atoms with Crippen molar-refractivity contribution < 1.29 is 9.47 Å². The summed E-state index contributed by atoms with van der Waals surface area (Å²) in [7, 11) is 0. The molecule has 3 nitrogen and oxygen atoms in total. The third kappa shape index (κ3) is 2.93. The van der Waals surface area contributed by atoms with Crippen molar-refractivity contribution in [3.05, 3.63) is 29.8 Å². The van der Waals surface area contributed by atoms with Gasteiger partial charge in [0.25, 0.3) is 0 Å². The highest BCUT2D eigenvalue weighted by Gasteiger charge is 2.34. The molecule has 0 amide bonds. The molecule has 2 heterocycles. The van der Waals surface area contributed by atoms with Crippen LogP contribution in [0, 0.1) is 0 Å². The summed E-state index contributed by atoms with van der Waals surface area (Å²) in [6.07, 6.45) is 3.37. The minimum absolute atomic E-state index is 0.110. The summed E-state index contributed by atoms with van der Waals surface area (Å²) in [6.45, 7) is 6.07. The molecule has 0 aliphatic carbocycles. The standard InChI is InChI=1S/C16H23NO2/c1-16(2)10-14(17-12-6-5-9-18-11-12)13-7-3-4-8-15(13)19-16/h3-4,7-8,12,14,17H,5-6,9-11H2,1-2H3. The van der Waals surface area contributed by atoms with Gasteiger partial charge < -0.3 is 14.8 Å². The van der Waals surface area contributed by atoms with Gasteiger partial charge in [-0.05, 0) is 32.8 Å². The molecule has 0 radical (unpaired) electrons. The van der Waals surface area contributed by atoms with Gasteiger partial charge in [0.15, 0.2) is 0 Å². The van der Waals surface area contributed by atoms with Crippen molar-refractivity contribution in [1.29, 1.82) is 0 Å². The van der Waals surface area contributed by atoms with Crippen LogP contribution in [0.5, 0.6) is 5.75 Å². The highest BCUT2D eigenvalue weighted by molar-refractivity contribution is 5.38. The predicted molar refractivity (Wildman–Crippen MR) is 75.5 cm³/mol. The molecule has 19 heavy (non-hydrogen) atoms. The van der Waals surface area contributed by atoms with Crippen molar-refractivity contribution in [3.8, 4) is 5.75 Å². The van der Waals surface area contributed by atoms with Crippen molar-refractivity contribution in [2.75, 3.05) is 13.2 Å². The summed E-state index contributed by atoms with van der Waals surface area (Å²) >= 11 is 0. The first-order valence-corrected chi connectivity index (χ1v) is 7.26. The van der Waals surface area contributed by atoms with E-state index in [1.165, 1.54) is 12.0 Å². The first kappa shape index (κ1) is 12.9. The van der Waals surface area contributed by atoms with Gasteiger partial charge in [-0.25, -0.2) is 0 Å². The van der Waals surface area contributed by atoms with Crippen LogP contribution in [0.1, 0.15) is 44.7 Å². The van der Waals surface area contributed by atoms with Gasteiger partial charge in [0.2, 0.25) is 0 Å². The Morgan fingerprint density at radius 1 is 1.26 bits per heavy atom.